The van der Waals surface area contributed by atoms with E-state index in [4.69, 9.17) is 27.9 Å². The second kappa shape index (κ2) is 5.87. The molecule has 3 nitrogen and oxygen atoms in total. The summed E-state index contributed by atoms with van der Waals surface area (Å²) >= 11 is 10.9. The Labute approximate surface area is 103 Å². The highest BCUT2D eigenvalue weighted by molar-refractivity contribution is 6.55. The molecule has 0 atom stereocenters. The fraction of sp³-hybridized carbons (Fsp3) is 0.273. The molecular formula is C11H10Cl2O3. The highest BCUT2D eigenvalue weighted by atomic mass is 35.5. The zero-order valence-corrected chi connectivity index (χ0v) is 10.1. The number of esters is 1. The van der Waals surface area contributed by atoms with Gasteiger partial charge in [0.1, 0.15) is 0 Å². The predicted octanol–water partition coefficient (Wildman–Crippen LogP) is 2.85. The standard InChI is InChI=1S/C11H10Cl2O3/c1-2-16-11(15)8-5-3-7(4-6-8)9(14)10(12)13/h3-6,10H,2H2,1H3. The molecule has 0 aliphatic rings. The average molecular weight is 261 g/mol. The molecule has 0 fully saturated rings. The molecule has 0 spiro atoms. The molecule has 0 unspecified atom stereocenters. The first kappa shape index (κ1) is 13.0. The van der Waals surface area contributed by atoms with Crippen LogP contribution < -0.4 is 0 Å². The number of rotatable bonds is 4. The molecule has 0 amide bonds. The fourth-order valence-corrected chi connectivity index (χ4v) is 1.36. The summed E-state index contributed by atoms with van der Waals surface area (Å²) in [5.41, 5.74) is 0.752. The van der Waals surface area contributed by atoms with Crippen molar-refractivity contribution in [2.24, 2.45) is 0 Å². The summed E-state index contributed by atoms with van der Waals surface area (Å²) in [6.45, 7) is 2.03. The van der Waals surface area contributed by atoms with Gasteiger partial charge in [0.05, 0.1) is 12.2 Å². The van der Waals surface area contributed by atoms with E-state index in [1.54, 1.807) is 6.92 Å². The number of hydrogen-bond acceptors (Lipinski definition) is 3. The van der Waals surface area contributed by atoms with Gasteiger partial charge < -0.3 is 4.74 Å². The van der Waals surface area contributed by atoms with Gasteiger partial charge in [0, 0.05) is 5.56 Å². The summed E-state index contributed by atoms with van der Waals surface area (Å²) in [7, 11) is 0. The van der Waals surface area contributed by atoms with Crippen LogP contribution in [0.5, 0.6) is 0 Å². The maximum absolute atomic E-state index is 11.4. The number of ketones is 1. The van der Waals surface area contributed by atoms with Crippen molar-refractivity contribution >= 4 is 35.0 Å². The quantitative estimate of drug-likeness (QED) is 0.475. The van der Waals surface area contributed by atoms with Crippen molar-refractivity contribution in [1.82, 2.24) is 0 Å². The van der Waals surface area contributed by atoms with Crippen LogP contribution >= 0.6 is 23.2 Å². The van der Waals surface area contributed by atoms with Crippen LogP contribution in [-0.4, -0.2) is 23.2 Å². The van der Waals surface area contributed by atoms with Gasteiger partial charge in [-0.05, 0) is 19.1 Å². The number of alkyl halides is 2. The summed E-state index contributed by atoms with van der Waals surface area (Å²) in [5.74, 6) is -0.812. The molecule has 86 valence electrons. The SMILES string of the molecule is CCOC(=O)c1ccc(C(=O)C(Cl)Cl)cc1. The van der Waals surface area contributed by atoms with Gasteiger partial charge in [-0.15, -0.1) is 0 Å². The van der Waals surface area contributed by atoms with Gasteiger partial charge in [-0.25, -0.2) is 4.79 Å². The maximum atomic E-state index is 11.4. The van der Waals surface area contributed by atoms with Gasteiger partial charge in [-0.1, -0.05) is 35.3 Å². The number of hydrogen-bond donors (Lipinski definition) is 0. The zero-order chi connectivity index (χ0) is 12.1. The maximum Gasteiger partial charge on any atom is 0.338 e. The first-order chi connectivity index (χ1) is 7.56. The summed E-state index contributed by atoms with van der Waals surface area (Å²) in [6, 6.07) is 5.99. The van der Waals surface area contributed by atoms with Gasteiger partial charge in [-0.3, -0.25) is 4.79 Å². The molecule has 1 aromatic rings. The second-order valence-corrected chi connectivity index (χ2v) is 4.06. The van der Waals surface area contributed by atoms with E-state index in [9.17, 15) is 9.59 Å². The highest BCUT2D eigenvalue weighted by Gasteiger charge is 2.14. The van der Waals surface area contributed by atoms with Crippen LogP contribution in [0.25, 0.3) is 0 Å². The van der Waals surface area contributed by atoms with E-state index in [0.717, 1.165) is 0 Å². The molecule has 0 radical (unpaired) electrons. The van der Waals surface area contributed by atoms with Crippen LogP contribution in [0.4, 0.5) is 0 Å². The topological polar surface area (TPSA) is 43.4 Å². The van der Waals surface area contributed by atoms with E-state index in [1.807, 2.05) is 0 Å². The van der Waals surface area contributed by atoms with E-state index in [1.165, 1.54) is 24.3 Å². The van der Waals surface area contributed by atoms with Crippen LogP contribution in [0.1, 0.15) is 27.6 Å². The number of carbonyl (C=O) groups is 2. The van der Waals surface area contributed by atoms with E-state index in [-0.39, 0.29) is 0 Å². The Morgan fingerprint density at radius 3 is 2.12 bits per heavy atom. The van der Waals surface area contributed by atoms with Crippen molar-refractivity contribution in [1.29, 1.82) is 0 Å². The van der Waals surface area contributed by atoms with Gasteiger partial charge in [-0.2, -0.15) is 0 Å². The Balaban J connectivity index is 2.83. The average Bonchev–Trinajstić information content (AvgIpc) is 2.28. The summed E-state index contributed by atoms with van der Waals surface area (Å²) in [6.07, 6.45) is 0. The lowest BCUT2D eigenvalue weighted by Crippen LogP contribution is -2.09. The van der Waals surface area contributed by atoms with Gasteiger partial charge in [0.2, 0.25) is 0 Å². The predicted molar refractivity (Wildman–Crippen MR) is 62.2 cm³/mol. The van der Waals surface area contributed by atoms with E-state index < -0.39 is 16.6 Å². The van der Waals surface area contributed by atoms with Crippen LogP contribution in [-0.2, 0) is 4.74 Å². The Hall–Kier alpha value is -1.06. The molecule has 0 bridgehead atoms. The Bertz CT molecular complexity index is 385. The third-order valence-electron chi connectivity index (χ3n) is 1.88. The molecule has 1 aromatic carbocycles. The zero-order valence-electron chi connectivity index (χ0n) is 8.57. The minimum Gasteiger partial charge on any atom is -0.462 e. The molecule has 0 N–H and O–H groups in total. The molecule has 0 saturated carbocycles. The van der Waals surface area contributed by atoms with E-state index in [0.29, 0.717) is 17.7 Å². The molecule has 5 heteroatoms. The number of Topliss-reactive ketones (excluding diaryl/α,β-unsaturated/α-hetero) is 1. The third-order valence-corrected chi connectivity index (χ3v) is 2.28. The number of halogens is 2. The van der Waals surface area contributed by atoms with E-state index in [2.05, 4.69) is 0 Å². The third kappa shape index (κ3) is 3.22. The molecule has 0 aromatic heterocycles. The molecule has 0 saturated heterocycles. The minimum atomic E-state index is -1.09. The van der Waals surface area contributed by atoms with Crippen molar-refractivity contribution in [2.45, 2.75) is 11.8 Å². The first-order valence-electron chi connectivity index (χ1n) is 4.65. The Morgan fingerprint density at radius 1 is 1.19 bits per heavy atom. The minimum absolute atomic E-state index is 0.310. The summed E-state index contributed by atoms with van der Waals surface area (Å²) < 4.78 is 4.80. The van der Waals surface area contributed by atoms with Gasteiger partial charge in [0.15, 0.2) is 10.6 Å². The van der Waals surface area contributed by atoms with Crippen molar-refractivity contribution in [2.75, 3.05) is 6.61 Å². The van der Waals surface area contributed by atoms with Crippen LogP contribution in [0.2, 0.25) is 0 Å². The number of ether oxygens (including phenoxy) is 1. The molecule has 1 rings (SSSR count). The van der Waals surface area contributed by atoms with Gasteiger partial charge in [0.25, 0.3) is 0 Å². The molecule has 0 aliphatic heterocycles. The van der Waals surface area contributed by atoms with Crippen LogP contribution in [0.3, 0.4) is 0 Å². The lowest BCUT2D eigenvalue weighted by molar-refractivity contribution is 0.0526. The smallest absolute Gasteiger partial charge is 0.338 e. The first-order valence-corrected chi connectivity index (χ1v) is 5.53. The lowest BCUT2D eigenvalue weighted by atomic mass is 10.1. The van der Waals surface area contributed by atoms with Crippen LogP contribution in [0, 0.1) is 0 Å². The van der Waals surface area contributed by atoms with Crippen molar-refractivity contribution in [3.8, 4) is 0 Å². The summed E-state index contributed by atoms with van der Waals surface area (Å²) in [5, 5.41) is 0. The van der Waals surface area contributed by atoms with Crippen molar-refractivity contribution < 1.29 is 14.3 Å². The highest BCUT2D eigenvalue weighted by Crippen LogP contribution is 2.13. The molecule has 0 heterocycles. The molecule has 16 heavy (non-hydrogen) atoms. The second-order valence-electron chi connectivity index (χ2n) is 2.96. The normalized spacial score (nSPS) is 10.2. The molecule has 0 aliphatic carbocycles. The Morgan fingerprint density at radius 2 is 1.69 bits per heavy atom. The number of carbonyl (C=O) groups excluding carboxylic acids is 2. The number of benzene rings is 1. The van der Waals surface area contributed by atoms with Crippen molar-refractivity contribution in [3.05, 3.63) is 35.4 Å². The van der Waals surface area contributed by atoms with Crippen molar-refractivity contribution in [3.63, 3.8) is 0 Å². The van der Waals surface area contributed by atoms with Crippen LogP contribution in [0.15, 0.2) is 24.3 Å². The van der Waals surface area contributed by atoms with E-state index >= 15 is 0 Å². The monoisotopic (exact) mass is 260 g/mol. The summed E-state index contributed by atoms with van der Waals surface area (Å²) in [4.78, 5) is 21.6. The lowest BCUT2D eigenvalue weighted by Gasteiger charge is -2.03. The fourth-order valence-electron chi connectivity index (χ4n) is 1.11. The van der Waals surface area contributed by atoms with Gasteiger partial charge >= 0.3 is 5.97 Å². The molecular weight excluding hydrogens is 251 g/mol. The Kier molecular flexibility index (Phi) is 4.77. The largest absolute Gasteiger partial charge is 0.462 e.